The number of phenols is 2. The Morgan fingerprint density at radius 3 is 2.65 bits per heavy atom. The maximum atomic E-state index is 11.8. The SMILES string of the molecule is N[C@@H](Cc1ccc(O)c(O)c1)C(=O)NCC1CC(O)C1. The Hall–Kier alpha value is -1.79. The number of nitrogens with two attached hydrogens (primary N) is 1. The molecule has 0 aliphatic heterocycles. The predicted molar refractivity (Wildman–Crippen MR) is 73.2 cm³/mol. The molecule has 1 aliphatic rings. The lowest BCUT2D eigenvalue weighted by atomic mass is 9.82. The first-order chi connectivity index (χ1) is 9.45. The minimum absolute atomic E-state index is 0.199. The van der Waals surface area contributed by atoms with E-state index in [-0.39, 0.29) is 29.9 Å². The Bertz CT molecular complexity index is 486. The van der Waals surface area contributed by atoms with Crippen LogP contribution in [-0.2, 0) is 11.2 Å². The second kappa shape index (κ2) is 6.11. The molecule has 0 heterocycles. The summed E-state index contributed by atoms with van der Waals surface area (Å²) in [5, 5.41) is 30.5. The Morgan fingerprint density at radius 2 is 2.05 bits per heavy atom. The largest absolute Gasteiger partial charge is 0.504 e. The Morgan fingerprint density at radius 1 is 1.35 bits per heavy atom. The van der Waals surface area contributed by atoms with Crippen LogP contribution in [0.25, 0.3) is 0 Å². The lowest BCUT2D eigenvalue weighted by Crippen LogP contribution is -2.46. The monoisotopic (exact) mass is 280 g/mol. The highest BCUT2D eigenvalue weighted by Crippen LogP contribution is 2.26. The van der Waals surface area contributed by atoms with E-state index in [1.54, 1.807) is 6.07 Å². The molecule has 110 valence electrons. The predicted octanol–water partition coefficient (Wildman–Crippen LogP) is -0.145. The molecular weight excluding hydrogens is 260 g/mol. The highest BCUT2D eigenvalue weighted by atomic mass is 16.3. The van der Waals surface area contributed by atoms with Gasteiger partial charge in [0, 0.05) is 6.54 Å². The average Bonchev–Trinajstić information content (AvgIpc) is 2.37. The van der Waals surface area contributed by atoms with Gasteiger partial charge in [0.2, 0.25) is 5.91 Å². The van der Waals surface area contributed by atoms with Crippen molar-refractivity contribution in [2.24, 2.45) is 11.7 Å². The lowest BCUT2D eigenvalue weighted by molar-refractivity contribution is -0.122. The Labute approximate surface area is 117 Å². The summed E-state index contributed by atoms with van der Waals surface area (Å²) in [6.07, 6.45) is 1.50. The molecule has 1 aromatic rings. The number of carbonyl (C=O) groups excluding carboxylic acids is 1. The van der Waals surface area contributed by atoms with Gasteiger partial charge in [0.1, 0.15) is 0 Å². The summed E-state index contributed by atoms with van der Waals surface area (Å²) < 4.78 is 0. The van der Waals surface area contributed by atoms with Crippen molar-refractivity contribution in [1.29, 1.82) is 0 Å². The van der Waals surface area contributed by atoms with Gasteiger partial charge in [0.15, 0.2) is 11.5 Å². The number of nitrogens with one attached hydrogen (secondary N) is 1. The van der Waals surface area contributed by atoms with Crippen LogP contribution in [0.15, 0.2) is 18.2 Å². The van der Waals surface area contributed by atoms with Gasteiger partial charge < -0.3 is 26.4 Å². The highest BCUT2D eigenvalue weighted by Gasteiger charge is 2.27. The number of aliphatic hydroxyl groups is 1. The molecule has 0 saturated heterocycles. The van der Waals surface area contributed by atoms with E-state index in [1.807, 2.05) is 0 Å². The van der Waals surface area contributed by atoms with Gasteiger partial charge in [0.25, 0.3) is 0 Å². The maximum Gasteiger partial charge on any atom is 0.237 e. The number of hydrogen-bond acceptors (Lipinski definition) is 5. The minimum Gasteiger partial charge on any atom is -0.504 e. The van der Waals surface area contributed by atoms with E-state index in [4.69, 9.17) is 10.8 Å². The first kappa shape index (κ1) is 14.6. The summed E-state index contributed by atoms with van der Waals surface area (Å²) in [5.41, 5.74) is 6.49. The first-order valence-electron chi connectivity index (χ1n) is 6.68. The summed E-state index contributed by atoms with van der Waals surface area (Å²) in [6.45, 7) is 0.532. The first-order valence-corrected chi connectivity index (χ1v) is 6.68. The van der Waals surface area contributed by atoms with Crippen molar-refractivity contribution >= 4 is 5.91 Å². The minimum atomic E-state index is -0.705. The van der Waals surface area contributed by atoms with Crippen LogP contribution in [0.1, 0.15) is 18.4 Å². The van der Waals surface area contributed by atoms with Crippen molar-refractivity contribution in [3.05, 3.63) is 23.8 Å². The molecule has 6 heteroatoms. The normalized spacial score (nSPS) is 22.9. The quantitative estimate of drug-likeness (QED) is 0.481. The number of hydrogen-bond donors (Lipinski definition) is 5. The van der Waals surface area contributed by atoms with Crippen molar-refractivity contribution in [2.45, 2.75) is 31.4 Å². The number of aliphatic hydroxyl groups excluding tert-OH is 1. The second-order valence-electron chi connectivity index (χ2n) is 5.37. The van der Waals surface area contributed by atoms with Crippen molar-refractivity contribution in [3.63, 3.8) is 0 Å². The van der Waals surface area contributed by atoms with Crippen LogP contribution in [0.4, 0.5) is 0 Å². The van der Waals surface area contributed by atoms with Crippen molar-refractivity contribution < 1.29 is 20.1 Å². The molecule has 0 spiro atoms. The molecule has 1 saturated carbocycles. The van der Waals surface area contributed by atoms with Gasteiger partial charge in [0.05, 0.1) is 12.1 Å². The number of phenolic OH excluding ortho intramolecular Hbond substituents is 2. The van der Waals surface area contributed by atoms with E-state index in [1.165, 1.54) is 12.1 Å². The number of aromatic hydroxyl groups is 2. The van der Waals surface area contributed by atoms with E-state index in [9.17, 15) is 15.0 Å². The topological polar surface area (TPSA) is 116 Å². The molecule has 1 fully saturated rings. The molecular formula is C14H20N2O4. The van der Waals surface area contributed by atoms with Crippen LogP contribution in [0.2, 0.25) is 0 Å². The van der Waals surface area contributed by atoms with Crippen LogP contribution in [-0.4, -0.2) is 39.9 Å². The number of amides is 1. The van der Waals surface area contributed by atoms with Gasteiger partial charge in [-0.3, -0.25) is 4.79 Å². The van der Waals surface area contributed by atoms with E-state index in [2.05, 4.69) is 5.32 Å². The van der Waals surface area contributed by atoms with Gasteiger partial charge in [-0.25, -0.2) is 0 Å². The van der Waals surface area contributed by atoms with Crippen LogP contribution in [0.3, 0.4) is 0 Å². The zero-order chi connectivity index (χ0) is 14.7. The van der Waals surface area contributed by atoms with Crippen LogP contribution in [0.5, 0.6) is 11.5 Å². The smallest absolute Gasteiger partial charge is 0.237 e. The molecule has 0 aromatic heterocycles. The molecule has 1 amide bonds. The molecule has 2 rings (SSSR count). The fourth-order valence-corrected chi connectivity index (χ4v) is 2.29. The van der Waals surface area contributed by atoms with Gasteiger partial charge in [-0.2, -0.15) is 0 Å². The number of carbonyl (C=O) groups is 1. The van der Waals surface area contributed by atoms with Gasteiger partial charge in [-0.05, 0) is 42.9 Å². The van der Waals surface area contributed by atoms with E-state index in [0.29, 0.717) is 18.0 Å². The van der Waals surface area contributed by atoms with Crippen LogP contribution in [0, 0.1) is 5.92 Å². The van der Waals surface area contributed by atoms with Gasteiger partial charge in [-0.1, -0.05) is 6.07 Å². The van der Waals surface area contributed by atoms with Gasteiger partial charge in [-0.15, -0.1) is 0 Å². The Balaban J connectivity index is 1.79. The Kier molecular flexibility index (Phi) is 4.46. The van der Waals surface area contributed by atoms with Crippen LogP contribution >= 0.6 is 0 Å². The zero-order valence-corrected chi connectivity index (χ0v) is 11.1. The van der Waals surface area contributed by atoms with E-state index >= 15 is 0 Å². The molecule has 1 aliphatic carbocycles. The van der Waals surface area contributed by atoms with E-state index in [0.717, 1.165) is 12.8 Å². The highest BCUT2D eigenvalue weighted by molar-refractivity contribution is 5.81. The molecule has 6 nitrogen and oxygen atoms in total. The van der Waals surface area contributed by atoms with Crippen molar-refractivity contribution in [3.8, 4) is 11.5 Å². The molecule has 20 heavy (non-hydrogen) atoms. The summed E-state index contributed by atoms with van der Waals surface area (Å²) in [4.78, 5) is 11.8. The van der Waals surface area contributed by atoms with E-state index < -0.39 is 6.04 Å². The second-order valence-corrected chi connectivity index (χ2v) is 5.37. The van der Waals surface area contributed by atoms with Crippen LogP contribution < -0.4 is 11.1 Å². The maximum absolute atomic E-state index is 11.8. The van der Waals surface area contributed by atoms with Gasteiger partial charge >= 0.3 is 0 Å². The molecule has 1 aromatic carbocycles. The zero-order valence-electron chi connectivity index (χ0n) is 11.1. The third-order valence-electron chi connectivity index (χ3n) is 3.61. The lowest BCUT2D eigenvalue weighted by Gasteiger charge is -2.31. The molecule has 1 atom stereocenters. The summed E-state index contributed by atoms with van der Waals surface area (Å²) in [7, 11) is 0. The fraction of sp³-hybridized carbons (Fsp3) is 0.500. The summed E-state index contributed by atoms with van der Waals surface area (Å²) in [5.74, 6) is -0.341. The molecule has 0 radical (unpaired) electrons. The molecule has 0 bridgehead atoms. The average molecular weight is 280 g/mol. The molecule has 0 unspecified atom stereocenters. The van der Waals surface area contributed by atoms with Crippen molar-refractivity contribution in [1.82, 2.24) is 5.32 Å². The number of rotatable bonds is 5. The third kappa shape index (κ3) is 3.61. The molecule has 6 N–H and O–H groups in total. The fourth-order valence-electron chi connectivity index (χ4n) is 2.29. The third-order valence-corrected chi connectivity index (χ3v) is 3.61. The number of benzene rings is 1. The standard InChI is InChI=1S/C14H20N2O4/c15-11(5-8-1-2-12(18)13(19)6-8)14(20)16-7-9-3-10(17)4-9/h1-2,6,9-11,17-19H,3-5,7,15H2,(H,16,20)/t9?,10?,11-/m0/s1. The van der Waals surface area contributed by atoms with Crippen molar-refractivity contribution in [2.75, 3.05) is 6.54 Å². The summed E-state index contributed by atoms with van der Waals surface area (Å²) >= 11 is 0. The summed E-state index contributed by atoms with van der Waals surface area (Å²) in [6, 6.07) is 3.67.